The maximum Gasteiger partial charge on any atom is 0.338 e. The Labute approximate surface area is 243 Å². The van der Waals surface area contributed by atoms with Crippen LogP contribution in [0.25, 0.3) is 0 Å². The van der Waals surface area contributed by atoms with E-state index in [2.05, 4.69) is 0 Å². The second-order valence-corrected chi connectivity index (χ2v) is 8.98. The molecule has 0 spiro atoms. The number of ether oxygens (including phenoxy) is 4. The molecule has 0 aromatic heterocycles. The van der Waals surface area contributed by atoms with Crippen LogP contribution in [0.4, 0.5) is 0 Å². The van der Waals surface area contributed by atoms with Crippen LogP contribution in [0.1, 0.15) is 52.6 Å². The highest BCUT2D eigenvalue weighted by molar-refractivity contribution is 6.15. The van der Waals surface area contributed by atoms with Gasteiger partial charge in [0.1, 0.15) is 13.2 Å². The van der Waals surface area contributed by atoms with Gasteiger partial charge in [-0.15, -0.1) is 0 Å². The quantitative estimate of drug-likeness (QED) is 0.110. The molecule has 0 saturated heterocycles. The summed E-state index contributed by atoms with van der Waals surface area (Å²) >= 11 is 0. The molecule has 0 bridgehead atoms. The van der Waals surface area contributed by atoms with E-state index in [1.807, 2.05) is 12.1 Å². The Hall–Kier alpha value is -4.92. The molecule has 0 N–H and O–H groups in total. The molecule has 4 rings (SSSR count). The molecular formula is C34H30O8. The van der Waals surface area contributed by atoms with E-state index in [0.29, 0.717) is 11.1 Å². The molecule has 0 atom stereocenters. The molecule has 0 aliphatic carbocycles. The second-order valence-electron chi connectivity index (χ2n) is 8.98. The zero-order valence-corrected chi connectivity index (χ0v) is 22.9. The van der Waals surface area contributed by atoms with Gasteiger partial charge in [-0.1, -0.05) is 97.1 Å². The monoisotopic (exact) mass is 566 g/mol. The van der Waals surface area contributed by atoms with Gasteiger partial charge in [0.2, 0.25) is 0 Å². The molecule has 4 aromatic rings. The molecule has 42 heavy (non-hydrogen) atoms. The number of benzene rings is 4. The minimum absolute atomic E-state index is 0.00538. The van der Waals surface area contributed by atoms with Gasteiger partial charge in [-0.3, -0.25) is 9.59 Å². The summed E-state index contributed by atoms with van der Waals surface area (Å²) in [6, 6.07) is 30.5. The highest BCUT2D eigenvalue weighted by Crippen LogP contribution is 2.17. The molecular weight excluding hydrogens is 536 g/mol. The predicted octanol–water partition coefficient (Wildman–Crippen LogP) is 5.20. The first kappa shape index (κ1) is 30.0. The van der Waals surface area contributed by atoms with Gasteiger partial charge < -0.3 is 18.9 Å². The summed E-state index contributed by atoms with van der Waals surface area (Å²) in [6.45, 7) is 0.777. The Morgan fingerprint density at radius 2 is 0.690 bits per heavy atom. The van der Waals surface area contributed by atoms with Crippen molar-refractivity contribution >= 4 is 23.5 Å². The van der Waals surface area contributed by atoms with Crippen molar-refractivity contribution in [3.05, 3.63) is 143 Å². The lowest BCUT2D eigenvalue weighted by atomic mass is 9.98. The summed E-state index contributed by atoms with van der Waals surface area (Å²) in [6.07, 6.45) is 0. The smallest absolute Gasteiger partial charge is 0.338 e. The van der Waals surface area contributed by atoms with Crippen LogP contribution in [0.2, 0.25) is 0 Å². The predicted molar refractivity (Wildman–Crippen MR) is 155 cm³/mol. The average molecular weight is 567 g/mol. The normalized spacial score (nSPS) is 10.6. The summed E-state index contributed by atoms with van der Waals surface area (Å²) < 4.78 is 21.4. The van der Waals surface area contributed by atoms with Gasteiger partial charge in [-0.05, 0) is 12.1 Å². The van der Waals surface area contributed by atoms with Gasteiger partial charge in [0, 0.05) is 22.3 Å². The molecule has 0 aliphatic rings. The van der Waals surface area contributed by atoms with Crippen LogP contribution in [-0.4, -0.2) is 63.1 Å². The lowest BCUT2D eigenvalue weighted by molar-refractivity contribution is 0.00225. The largest absolute Gasteiger partial charge is 0.460 e. The van der Waals surface area contributed by atoms with Crippen LogP contribution in [0.3, 0.4) is 0 Å². The van der Waals surface area contributed by atoms with E-state index >= 15 is 0 Å². The van der Waals surface area contributed by atoms with Crippen LogP contribution < -0.4 is 0 Å². The summed E-state index contributed by atoms with van der Waals surface area (Å²) in [5.74, 6) is -1.73. The van der Waals surface area contributed by atoms with Crippen LogP contribution in [0, 0.1) is 0 Å². The fraction of sp³-hybridized carbons (Fsp3) is 0.176. The minimum atomic E-state index is -0.608. The maximum absolute atomic E-state index is 12.8. The van der Waals surface area contributed by atoms with Crippen molar-refractivity contribution in [2.24, 2.45) is 0 Å². The fourth-order valence-corrected chi connectivity index (χ4v) is 4.07. The van der Waals surface area contributed by atoms with Crippen molar-refractivity contribution in [3.8, 4) is 0 Å². The highest BCUT2D eigenvalue weighted by Gasteiger charge is 2.20. The van der Waals surface area contributed by atoms with E-state index in [1.165, 1.54) is 0 Å². The van der Waals surface area contributed by atoms with Gasteiger partial charge in [0.25, 0.3) is 0 Å². The van der Waals surface area contributed by atoms with Crippen molar-refractivity contribution in [2.45, 2.75) is 0 Å². The second kappa shape index (κ2) is 15.8. The van der Waals surface area contributed by atoms with Gasteiger partial charge in [-0.25, -0.2) is 9.59 Å². The first-order chi connectivity index (χ1) is 20.6. The van der Waals surface area contributed by atoms with Crippen LogP contribution in [0.5, 0.6) is 0 Å². The van der Waals surface area contributed by atoms with Gasteiger partial charge >= 0.3 is 11.9 Å². The summed E-state index contributed by atoms with van der Waals surface area (Å²) in [5.41, 5.74) is 1.90. The number of hydrogen-bond acceptors (Lipinski definition) is 8. The summed E-state index contributed by atoms with van der Waals surface area (Å²) in [5, 5.41) is 0. The number of carbonyl (C=O) groups is 4. The standard InChI is InChI=1S/C34H30O8/c35-31(25-11-3-1-4-12-25)27-15-7-9-17-29(27)33(37)41-23-21-39-19-20-40-22-24-42-34(38)30-18-10-8-16-28(30)32(36)26-13-5-2-6-14-26/h1-18H,19-24H2. The Bertz CT molecular complexity index is 1380. The van der Waals surface area contributed by atoms with Gasteiger partial charge in [-0.2, -0.15) is 0 Å². The summed E-state index contributed by atoms with van der Waals surface area (Å²) in [7, 11) is 0. The maximum atomic E-state index is 12.8. The average Bonchev–Trinajstić information content (AvgIpc) is 3.05. The van der Waals surface area contributed by atoms with E-state index in [9.17, 15) is 19.2 Å². The lowest BCUT2D eigenvalue weighted by Crippen LogP contribution is -2.17. The first-order valence-corrected chi connectivity index (χ1v) is 13.4. The van der Waals surface area contributed by atoms with Crippen molar-refractivity contribution in [1.82, 2.24) is 0 Å². The molecule has 0 radical (unpaired) electrons. The number of rotatable bonds is 15. The molecule has 0 unspecified atom stereocenters. The van der Waals surface area contributed by atoms with Crippen LogP contribution in [0.15, 0.2) is 109 Å². The SMILES string of the molecule is O=C(OCCOCCOCCOC(=O)c1ccccc1C(=O)c1ccccc1)c1ccccc1C(=O)c1ccccc1. The molecule has 8 heteroatoms. The molecule has 0 heterocycles. The van der Waals surface area contributed by atoms with E-state index < -0.39 is 11.9 Å². The zero-order chi connectivity index (χ0) is 29.6. The zero-order valence-electron chi connectivity index (χ0n) is 22.9. The molecule has 0 amide bonds. The molecule has 0 fully saturated rings. The third-order valence-electron chi connectivity index (χ3n) is 6.15. The first-order valence-electron chi connectivity index (χ1n) is 13.4. The van der Waals surface area contributed by atoms with E-state index in [4.69, 9.17) is 18.9 Å². The van der Waals surface area contributed by atoms with Crippen molar-refractivity contribution in [1.29, 1.82) is 0 Å². The minimum Gasteiger partial charge on any atom is -0.460 e. The molecule has 8 nitrogen and oxygen atoms in total. The van der Waals surface area contributed by atoms with E-state index in [0.717, 1.165) is 0 Å². The number of hydrogen-bond donors (Lipinski definition) is 0. The third-order valence-corrected chi connectivity index (χ3v) is 6.15. The Morgan fingerprint density at radius 3 is 1.07 bits per heavy atom. The lowest BCUT2D eigenvalue weighted by Gasteiger charge is -2.10. The van der Waals surface area contributed by atoms with E-state index in [1.54, 1.807) is 97.1 Å². The Morgan fingerprint density at radius 1 is 0.381 bits per heavy atom. The van der Waals surface area contributed by atoms with Crippen molar-refractivity contribution in [3.63, 3.8) is 0 Å². The highest BCUT2D eigenvalue weighted by atomic mass is 16.6. The topological polar surface area (TPSA) is 105 Å². The molecule has 0 saturated carbocycles. The Kier molecular flexibility index (Phi) is 11.3. The van der Waals surface area contributed by atoms with Crippen molar-refractivity contribution in [2.75, 3.05) is 39.6 Å². The molecule has 214 valence electrons. The van der Waals surface area contributed by atoms with Crippen molar-refractivity contribution < 1.29 is 38.1 Å². The van der Waals surface area contributed by atoms with Gasteiger partial charge in [0.05, 0.1) is 37.6 Å². The number of carbonyl (C=O) groups excluding carboxylic acids is 4. The molecule has 4 aromatic carbocycles. The van der Waals surface area contributed by atoms with Crippen LogP contribution in [-0.2, 0) is 18.9 Å². The fourth-order valence-electron chi connectivity index (χ4n) is 4.07. The van der Waals surface area contributed by atoms with E-state index in [-0.39, 0.29) is 73.5 Å². The van der Waals surface area contributed by atoms with Gasteiger partial charge in [0.15, 0.2) is 11.6 Å². The summed E-state index contributed by atoms with van der Waals surface area (Å²) in [4.78, 5) is 50.8. The molecule has 0 aliphatic heterocycles. The number of esters is 2. The third kappa shape index (κ3) is 8.30. The Balaban J connectivity index is 1.12. The number of ketones is 2. The van der Waals surface area contributed by atoms with Crippen LogP contribution >= 0.6 is 0 Å².